The molecule has 4 heteroatoms. The van der Waals surface area contributed by atoms with E-state index in [4.69, 9.17) is 0 Å². The minimum atomic E-state index is 0.122. The molecule has 22 heavy (non-hydrogen) atoms. The van der Waals surface area contributed by atoms with Gasteiger partial charge < -0.3 is 9.47 Å². The normalized spacial score (nSPS) is 15.6. The molecule has 3 rings (SSSR count). The molecule has 114 valence electrons. The second kappa shape index (κ2) is 6.23. The van der Waals surface area contributed by atoms with Crippen LogP contribution in [0, 0.1) is 11.3 Å². The Morgan fingerprint density at radius 1 is 1.32 bits per heavy atom. The van der Waals surface area contributed by atoms with Crippen molar-refractivity contribution < 1.29 is 4.79 Å². The molecule has 1 amide bonds. The van der Waals surface area contributed by atoms with Gasteiger partial charge in [-0.1, -0.05) is 37.5 Å². The van der Waals surface area contributed by atoms with Crippen LogP contribution >= 0.6 is 0 Å². The van der Waals surface area contributed by atoms with Crippen molar-refractivity contribution in [2.24, 2.45) is 0 Å². The lowest BCUT2D eigenvalue weighted by molar-refractivity contribution is -0.133. The van der Waals surface area contributed by atoms with Crippen LogP contribution in [0.15, 0.2) is 30.5 Å². The summed E-state index contributed by atoms with van der Waals surface area (Å²) in [6, 6.07) is 10.3. The number of amides is 1. The highest BCUT2D eigenvalue weighted by atomic mass is 16.2. The SMILES string of the molecule is CN(C(=O)Cn1cc(C#N)c2ccccc21)C1CCCCC1. The lowest BCUT2D eigenvalue weighted by Gasteiger charge is -2.31. The molecule has 1 aliphatic rings. The fraction of sp³-hybridized carbons (Fsp3) is 0.444. The summed E-state index contributed by atoms with van der Waals surface area (Å²) in [5.41, 5.74) is 1.58. The maximum absolute atomic E-state index is 12.6. The van der Waals surface area contributed by atoms with Gasteiger partial charge in [0.1, 0.15) is 12.6 Å². The number of fused-ring (bicyclic) bond motifs is 1. The average Bonchev–Trinajstić information content (AvgIpc) is 2.93. The Labute approximate surface area is 130 Å². The minimum Gasteiger partial charge on any atom is -0.341 e. The number of nitrogens with zero attached hydrogens (tertiary/aromatic N) is 3. The summed E-state index contributed by atoms with van der Waals surface area (Å²) < 4.78 is 1.90. The van der Waals surface area contributed by atoms with Crippen LogP contribution in [0.2, 0.25) is 0 Å². The highest BCUT2D eigenvalue weighted by molar-refractivity contribution is 5.88. The van der Waals surface area contributed by atoms with Crippen LogP contribution in [0.1, 0.15) is 37.7 Å². The Balaban J connectivity index is 1.81. The molecule has 0 unspecified atom stereocenters. The summed E-state index contributed by atoms with van der Waals surface area (Å²) in [4.78, 5) is 14.5. The van der Waals surface area contributed by atoms with Crippen LogP contribution in [0.4, 0.5) is 0 Å². The quantitative estimate of drug-likeness (QED) is 0.872. The van der Waals surface area contributed by atoms with Gasteiger partial charge >= 0.3 is 0 Å². The Hall–Kier alpha value is -2.28. The minimum absolute atomic E-state index is 0.122. The fourth-order valence-electron chi connectivity index (χ4n) is 3.40. The highest BCUT2D eigenvalue weighted by Crippen LogP contribution is 2.23. The molecule has 0 aliphatic heterocycles. The van der Waals surface area contributed by atoms with Gasteiger partial charge in [-0.05, 0) is 18.9 Å². The Morgan fingerprint density at radius 2 is 2.05 bits per heavy atom. The Bertz CT molecular complexity index is 719. The molecule has 0 radical (unpaired) electrons. The van der Waals surface area contributed by atoms with E-state index in [0.717, 1.165) is 23.7 Å². The zero-order valence-electron chi connectivity index (χ0n) is 13.0. The molecule has 1 aliphatic carbocycles. The van der Waals surface area contributed by atoms with Gasteiger partial charge in [0.15, 0.2) is 0 Å². The number of hydrogen-bond acceptors (Lipinski definition) is 2. The van der Waals surface area contributed by atoms with Crippen molar-refractivity contribution in [2.45, 2.75) is 44.7 Å². The first-order chi connectivity index (χ1) is 10.7. The molecule has 0 saturated heterocycles. The van der Waals surface area contributed by atoms with Gasteiger partial charge in [-0.25, -0.2) is 0 Å². The van der Waals surface area contributed by atoms with Gasteiger partial charge in [0, 0.05) is 30.2 Å². The molecular weight excluding hydrogens is 274 g/mol. The Kier molecular flexibility index (Phi) is 4.15. The van der Waals surface area contributed by atoms with Crippen molar-refractivity contribution in [2.75, 3.05) is 7.05 Å². The van der Waals surface area contributed by atoms with Crippen molar-refractivity contribution in [1.82, 2.24) is 9.47 Å². The van der Waals surface area contributed by atoms with E-state index in [-0.39, 0.29) is 5.91 Å². The molecule has 0 N–H and O–H groups in total. The lowest BCUT2D eigenvalue weighted by atomic mass is 9.94. The van der Waals surface area contributed by atoms with Crippen molar-refractivity contribution in [3.63, 3.8) is 0 Å². The number of benzene rings is 1. The van der Waals surface area contributed by atoms with Crippen molar-refractivity contribution >= 4 is 16.8 Å². The van der Waals surface area contributed by atoms with Gasteiger partial charge in [-0.3, -0.25) is 4.79 Å². The molecule has 0 bridgehead atoms. The highest BCUT2D eigenvalue weighted by Gasteiger charge is 2.22. The zero-order valence-corrected chi connectivity index (χ0v) is 13.0. The molecular formula is C18H21N3O. The summed E-state index contributed by atoms with van der Waals surface area (Å²) in [5, 5.41) is 10.2. The second-order valence-electron chi connectivity index (χ2n) is 6.10. The third-order valence-electron chi connectivity index (χ3n) is 4.73. The first kappa shape index (κ1) is 14.6. The standard InChI is InChI=1S/C18H21N3O/c1-20(15-7-3-2-4-8-15)18(22)13-21-12-14(11-19)16-9-5-6-10-17(16)21/h5-6,9-10,12,15H,2-4,7-8,13H2,1H3. The first-order valence-corrected chi connectivity index (χ1v) is 7.94. The third-order valence-corrected chi connectivity index (χ3v) is 4.73. The monoisotopic (exact) mass is 295 g/mol. The second-order valence-corrected chi connectivity index (χ2v) is 6.10. The van der Waals surface area contributed by atoms with E-state index >= 15 is 0 Å². The van der Waals surface area contributed by atoms with Gasteiger partial charge in [-0.2, -0.15) is 5.26 Å². The van der Waals surface area contributed by atoms with Crippen molar-refractivity contribution in [3.8, 4) is 6.07 Å². The van der Waals surface area contributed by atoms with Crippen molar-refractivity contribution in [3.05, 3.63) is 36.0 Å². The van der Waals surface area contributed by atoms with Gasteiger partial charge in [0.05, 0.1) is 5.56 Å². The topological polar surface area (TPSA) is 49.0 Å². The van der Waals surface area contributed by atoms with Gasteiger partial charge in [-0.15, -0.1) is 0 Å². The Morgan fingerprint density at radius 3 is 2.77 bits per heavy atom. The summed E-state index contributed by atoms with van der Waals surface area (Å²) in [7, 11) is 1.91. The summed E-state index contributed by atoms with van der Waals surface area (Å²) in [6.07, 6.45) is 7.72. The summed E-state index contributed by atoms with van der Waals surface area (Å²) in [6.45, 7) is 0.301. The van der Waals surface area contributed by atoms with E-state index < -0.39 is 0 Å². The smallest absolute Gasteiger partial charge is 0.242 e. The zero-order chi connectivity index (χ0) is 15.5. The number of hydrogen-bond donors (Lipinski definition) is 0. The third kappa shape index (κ3) is 2.71. The molecule has 0 atom stereocenters. The van der Waals surface area contributed by atoms with Crippen LogP contribution < -0.4 is 0 Å². The average molecular weight is 295 g/mol. The van der Waals surface area contributed by atoms with Crippen LogP contribution in [0.25, 0.3) is 10.9 Å². The number of rotatable bonds is 3. The molecule has 1 aromatic carbocycles. The van der Waals surface area contributed by atoms with E-state index in [1.807, 2.05) is 40.8 Å². The van der Waals surface area contributed by atoms with E-state index in [1.165, 1.54) is 19.3 Å². The number of likely N-dealkylation sites (N-methyl/N-ethyl adjacent to an activating group) is 1. The number of para-hydroxylation sites is 1. The number of carbonyl (C=O) groups excluding carboxylic acids is 1. The molecule has 1 heterocycles. The van der Waals surface area contributed by atoms with Crippen LogP contribution in [-0.2, 0) is 11.3 Å². The summed E-state index contributed by atoms with van der Waals surface area (Å²) in [5.74, 6) is 0.122. The largest absolute Gasteiger partial charge is 0.341 e. The number of carbonyl (C=O) groups is 1. The number of aromatic nitrogens is 1. The molecule has 0 spiro atoms. The maximum Gasteiger partial charge on any atom is 0.242 e. The van der Waals surface area contributed by atoms with Crippen LogP contribution in [-0.4, -0.2) is 28.5 Å². The van der Waals surface area contributed by atoms with E-state index in [0.29, 0.717) is 18.2 Å². The van der Waals surface area contributed by atoms with E-state index in [9.17, 15) is 10.1 Å². The molecule has 4 nitrogen and oxygen atoms in total. The lowest BCUT2D eigenvalue weighted by Crippen LogP contribution is -2.40. The fourth-order valence-corrected chi connectivity index (χ4v) is 3.40. The molecule has 1 aromatic heterocycles. The van der Waals surface area contributed by atoms with Crippen molar-refractivity contribution in [1.29, 1.82) is 5.26 Å². The maximum atomic E-state index is 12.6. The molecule has 1 saturated carbocycles. The predicted octanol–water partition coefficient (Wildman–Crippen LogP) is 3.30. The first-order valence-electron chi connectivity index (χ1n) is 7.94. The van der Waals surface area contributed by atoms with E-state index in [2.05, 4.69) is 6.07 Å². The van der Waals surface area contributed by atoms with Gasteiger partial charge in [0.2, 0.25) is 5.91 Å². The van der Waals surface area contributed by atoms with Gasteiger partial charge in [0.25, 0.3) is 0 Å². The molecule has 1 fully saturated rings. The van der Waals surface area contributed by atoms with Crippen LogP contribution in [0.5, 0.6) is 0 Å². The van der Waals surface area contributed by atoms with Crippen LogP contribution in [0.3, 0.4) is 0 Å². The predicted molar refractivity (Wildman–Crippen MR) is 86.3 cm³/mol. The van der Waals surface area contributed by atoms with E-state index in [1.54, 1.807) is 6.20 Å². The summed E-state index contributed by atoms with van der Waals surface area (Å²) >= 11 is 0. The number of nitriles is 1. The molecule has 2 aromatic rings.